The molecule has 2 aliphatic heterocycles. The number of hydrogen-bond donors (Lipinski definition) is 0. The number of nitrogens with zero attached hydrogens (tertiary/aromatic N) is 2. The molecule has 0 spiro atoms. The van der Waals surface area contributed by atoms with Gasteiger partial charge in [0, 0.05) is 32.2 Å². The fourth-order valence-corrected chi connectivity index (χ4v) is 3.34. The Bertz CT molecular complexity index is 561. The second kappa shape index (κ2) is 6.26. The standard InChI is InChI=1S/C17H24N2O3/c1-12-4-5-13(16(6-12)21-3)7-19-8-14-10-22-11-15(9-19)18(2)17(14)20/h4-6,14-15H,7-11H2,1-3H3/t14-,15+/m1/s1. The van der Waals surface area contributed by atoms with E-state index in [1.54, 1.807) is 7.11 Å². The van der Waals surface area contributed by atoms with Crippen LogP contribution in [-0.2, 0) is 16.1 Å². The molecule has 5 heteroatoms. The number of carbonyl (C=O) groups is 1. The van der Waals surface area contributed by atoms with E-state index in [0.29, 0.717) is 13.2 Å². The molecule has 0 unspecified atom stereocenters. The number of fused-ring (bicyclic) bond motifs is 3. The predicted octanol–water partition coefficient (Wildman–Crippen LogP) is 1.29. The molecule has 0 aliphatic carbocycles. The van der Waals surface area contributed by atoms with Crippen LogP contribution in [0.25, 0.3) is 0 Å². The fourth-order valence-electron chi connectivity index (χ4n) is 3.34. The molecule has 0 N–H and O–H groups in total. The first kappa shape index (κ1) is 15.3. The van der Waals surface area contributed by atoms with E-state index in [2.05, 4.69) is 30.0 Å². The molecule has 2 atom stereocenters. The normalized spacial score (nSPS) is 26.0. The van der Waals surface area contributed by atoms with E-state index in [-0.39, 0.29) is 17.9 Å². The van der Waals surface area contributed by atoms with Gasteiger partial charge in [-0.3, -0.25) is 9.69 Å². The highest BCUT2D eigenvalue weighted by Crippen LogP contribution is 2.25. The van der Waals surface area contributed by atoms with E-state index in [4.69, 9.17) is 9.47 Å². The van der Waals surface area contributed by atoms with Crippen LogP contribution in [0.3, 0.4) is 0 Å². The zero-order chi connectivity index (χ0) is 15.7. The first-order valence-electron chi connectivity index (χ1n) is 7.78. The van der Waals surface area contributed by atoms with Crippen molar-refractivity contribution in [3.63, 3.8) is 0 Å². The van der Waals surface area contributed by atoms with Crippen molar-refractivity contribution in [3.8, 4) is 5.75 Å². The minimum absolute atomic E-state index is 0.0612. The number of amides is 1. The molecular formula is C17H24N2O3. The molecule has 22 heavy (non-hydrogen) atoms. The van der Waals surface area contributed by atoms with Gasteiger partial charge < -0.3 is 14.4 Å². The first-order valence-corrected chi connectivity index (χ1v) is 7.78. The van der Waals surface area contributed by atoms with E-state index in [1.165, 1.54) is 11.1 Å². The Balaban J connectivity index is 1.80. The van der Waals surface area contributed by atoms with Crippen molar-refractivity contribution >= 4 is 5.91 Å². The summed E-state index contributed by atoms with van der Waals surface area (Å²) in [4.78, 5) is 16.6. The van der Waals surface area contributed by atoms with Crippen molar-refractivity contribution < 1.29 is 14.3 Å². The second-order valence-corrected chi connectivity index (χ2v) is 6.35. The summed E-state index contributed by atoms with van der Waals surface area (Å²) in [5.41, 5.74) is 2.36. The number of carbonyl (C=O) groups excluding carboxylic acids is 1. The van der Waals surface area contributed by atoms with Gasteiger partial charge in [-0.2, -0.15) is 0 Å². The number of rotatable bonds is 3. The monoisotopic (exact) mass is 304 g/mol. The Morgan fingerprint density at radius 1 is 1.32 bits per heavy atom. The number of benzene rings is 1. The zero-order valence-electron chi connectivity index (χ0n) is 13.5. The molecule has 1 amide bonds. The average molecular weight is 304 g/mol. The van der Waals surface area contributed by atoms with Crippen LogP contribution in [0.5, 0.6) is 5.75 Å². The third kappa shape index (κ3) is 2.96. The maximum absolute atomic E-state index is 12.4. The van der Waals surface area contributed by atoms with Crippen molar-refractivity contribution in [3.05, 3.63) is 29.3 Å². The lowest BCUT2D eigenvalue weighted by molar-refractivity contribution is -0.133. The van der Waals surface area contributed by atoms with Gasteiger partial charge in [-0.15, -0.1) is 0 Å². The first-order chi connectivity index (χ1) is 10.6. The van der Waals surface area contributed by atoms with E-state index >= 15 is 0 Å². The van der Waals surface area contributed by atoms with Crippen LogP contribution < -0.4 is 4.74 Å². The minimum atomic E-state index is -0.0612. The van der Waals surface area contributed by atoms with Crippen molar-refractivity contribution in [1.29, 1.82) is 0 Å². The minimum Gasteiger partial charge on any atom is -0.496 e. The van der Waals surface area contributed by atoms with Crippen LogP contribution >= 0.6 is 0 Å². The van der Waals surface area contributed by atoms with Crippen molar-refractivity contribution in [2.45, 2.75) is 19.5 Å². The summed E-state index contributed by atoms with van der Waals surface area (Å²) >= 11 is 0. The molecule has 2 bridgehead atoms. The predicted molar refractivity (Wildman–Crippen MR) is 83.9 cm³/mol. The lowest BCUT2D eigenvalue weighted by Gasteiger charge is -2.29. The van der Waals surface area contributed by atoms with Crippen LogP contribution in [0.15, 0.2) is 18.2 Å². The summed E-state index contributed by atoms with van der Waals surface area (Å²) < 4.78 is 11.2. The molecule has 2 saturated heterocycles. The maximum atomic E-state index is 12.4. The molecule has 0 aromatic heterocycles. The Morgan fingerprint density at radius 3 is 2.91 bits per heavy atom. The highest BCUT2D eigenvalue weighted by Gasteiger charge is 2.37. The summed E-state index contributed by atoms with van der Waals surface area (Å²) in [6.45, 7) is 5.61. The molecule has 2 fully saturated rings. The largest absolute Gasteiger partial charge is 0.496 e. The van der Waals surface area contributed by atoms with Crippen LogP contribution in [0.1, 0.15) is 11.1 Å². The topological polar surface area (TPSA) is 42.0 Å². The van der Waals surface area contributed by atoms with Gasteiger partial charge in [0.1, 0.15) is 5.75 Å². The Hall–Kier alpha value is -1.59. The Morgan fingerprint density at radius 2 is 2.14 bits per heavy atom. The Labute approximate surface area is 131 Å². The molecular weight excluding hydrogens is 280 g/mol. The Kier molecular flexibility index (Phi) is 4.36. The van der Waals surface area contributed by atoms with E-state index in [9.17, 15) is 4.79 Å². The maximum Gasteiger partial charge on any atom is 0.229 e. The highest BCUT2D eigenvalue weighted by molar-refractivity contribution is 5.79. The van der Waals surface area contributed by atoms with Crippen molar-refractivity contribution in [2.24, 2.45) is 5.92 Å². The number of methoxy groups -OCH3 is 1. The molecule has 120 valence electrons. The summed E-state index contributed by atoms with van der Waals surface area (Å²) in [6.07, 6.45) is 0. The number of ether oxygens (including phenoxy) is 2. The summed E-state index contributed by atoms with van der Waals surface area (Å²) in [7, 11) is 3.60. The van der Waals surface area contributed by atoms with Gasteiger partial charge in [0.15, 0.2) is 0 Å². The SMILES string of the molecule is COc1cc(C)ccc1CN1C[C@@H]2COC[C@H](C1)N(C)C2=O. The van der Waals surface area contributed by atoms with E-state index in [1.807, 2.05) is 11.9 Å². The zero-order valence-corrected chi connectivity index (χ0v) is 13.5. The number of likely N-dealkylation sites (N-methyl/N-ethyl adjacent to an activating group) is 1. The quantitative estimate of drug-likeness (QED) is 0.844. The smallest absolute Gasteiger partial charge is 0.229 e. The molecule has 5 nitrogen and oxygen atoms in total. The van der Waals surface area contributed by atoms with Crippen LogP contribution in [0, 0.1) is 12.8 Å². The number of aryl methyl sites for hydroxylation is 1. The van der Waals surface area contributed by atoms with Gasteiger partial charge in [0.2, 0.25) is 5.91 Å². The van der Waals surface area contributed by atoms with Crippen LogP contribution in [0.2, 0.25) is 0 Å². The van der Waals surface area contributed by atoms with Crippen LogP contribution in [0.4, 0.5) is 0 Å². The molecule has 1 aromatic carbocycles. The fraction of sp³-hybridized carbons (Fsp3) is 0.588. The molecule has 3 rings (SSSR count). The summed E-state index contributed by atoms with van der Waals surface area (Å²) in [5.74, 6) is 1.07. The number of hydrogen-bond acceptors (Lipinski definition) is 4. The van der Waals surface area contributed by atoms with Gasteiger partial charge in [-0.25, -0.2) is 0 Å². The lowest BCUT2D eigenvalue weighted by Crippen LogP contribution is -2.42. The lowest BCUT2D eigenvalue weighted by atomic mass is 10.1. The van der Waals surface area contributed by atoms with Gasteiger partial charge in [-0.1, -0.05) is 12.1 Å². The molecule has 2 heterocycles. The summed E-state index contributed by atoms with van der Waals surface area (Å²) in [5, 5.41) is 0. The molecule has 0 saturated carbocycles. The third-order valence-corrected chi connectivity index (χ3v) is 4.66. The summed E-state index contributed by atoms with van der Waals surface area (Å²) in [6, 6.07) is 6.43. The van der Waals surface area contributed by atoms with Gasteiger partial charge in [0.05, 0.1) is 32.3 Å². The van der Waals surface area contributed by atoms with Crippen molar-refractivity contribution in [2.75, 3.05) is 40.5 Å². The molecule has 0 radical (unpaired) electrons. The third-order valence-electron chi connectivity index (χ3n) is 4.66. The van der Waals surface area contributed by atoms with Gasteiger partial charge in [-0.05, 0) is 18.6 Å². The van der Waals surface area contributed by atoms with Crippen LogP contribution in [-0.4, -0.2) is 62.2 Å². The van der Waals surface area contributed by atoms with E-state index in [0.717, 1.165) is 25.4 Å². The molecule has 1 aromatic rings. The average Bonchev–Trinajstić information content (AvgIpc) is 2.67. The van der Waals surface area contributed by atoms with E-state index < -0.39 is 0 Å². The van der Waals surface area contributed by atoms with Gasteiger partial charge in [0.25, 0.3) is 0 Å². The van der Waals surface area contributed by atoms with Gasteiger partial charge >= 0.3 is 0 Å². The highest BCUT2D eigenvalue weighted by atomic mass is 16.5. The van der Waals surface area contributed by atoms with Crippen molar-refractivity contribution in [1.82, 2.24) is 9.80 Å². The molecule has 2 aliphatic rings. The second-order valence-electron chi connectivity index (χ2n) is 6.35.